The Morgan fingerprint density at radius 1 is 1.28 bits per heavy atom. The quantitative estimate of drug-likeness (QED) is 0.786. The summed E-state index contributed by atoms with van der Waals surface area (Å²) in [5.41, 5.74) is 1.16. The van der Waals surface area contributed by atoms with Crippen LogP contribution in [0.2, 0.25) is 0 Å². The van der Waals surface area contributed by atoms with Crippen LogP contribution in [0.1, 0.15) is 31.2 Å². The van der Waals surface area contributed by atoms with E-state index in [0.717, 1.165) is 12.1 Å². The average molecular weight is 263 g/mol. The topological polar surface area (TPSA) is 29.1 Å². The Labute approximate surface area is 115 Å². The first-order chi connectivity index (χ1) is 8.75. The van der Waals surface area contributed by atoms with Crippen LogP contribution >= 0.6 is 12.6 Å². The fourth-order valence-electron chi connectivity index (χ4n) is 2.51. The van der Waals surface area contributed by atoms with Crippen molar-refractivity contribution in [3.63, 3.8) is 0 Å². The van der Waals surface area contributed by atoms with E-state index in [1.54, 1.807) is 0 Å². The third kappa shape index (κ3) is 4.05. The Morgan fingerprint density at radius 2 is 1.94 bits per heavy atom. The minimum Gasteiger partial charge on any atom is -0.355 e. The van der Waals surface area contributed by atoms with Crippen molar-refractivity contribution < 1.29 is 4.79 Å². The molecule has 1 saturated carbocycles. The molecule has 1 unspecified atom stereocenters. The summed E-state index contributed by atoms with van der Waals surface area (Å²) >= 11 is 4.40. The van der Waals surface area contributed by atoms with Gasteiger partial charge in [0.25, 0.3) is 0 Å². The van der Waals surface area contributed by atoms with Gasteiger partial charge in [0, 0.05) is 6.54 Å². The Kier molecular flexibility index (Phi) is 5.12. The number of carbonyl (C=O) groups excluding carboxylic acids is 1. The first kappa shape index (κ1) is 13.5. The maximum atomic E-state index is 11.9. The second kappa shape index (κ2) is 6.83. The SMILES string of the molecule is O=C(NCC1CCCC1)C(S)Cc1ccccc1. The van der Waals surface area contributed by atoms with Crippen molar-refractivity contribution >= 4 is 18.5 Å². The number of rotatable bonds is 5. The van der Waals surface area contributed by atoms with Crippen LogP contribution in [0.25, 0.3) is 0 Å². The van der Waals surface area contributed by atoms with E-state index in [1.807, 2.05) is 30.3 Å². The third-order valence-electron chi connectivity index (χ3n) is 3.61. The highest BCUT2D eigenvalue weighted by molar-refractivity contribution is 7.81. The fraction of sp³-hybridized carbons (Fsp3) is 0.533. The Balaban J connectivity index is 1.74. The summed E-state index contributed by atoms with van der Waals surface area (Å²) in [6.07, 6.45) is 5.84. The molecule has 98 valence electrons. The van der Waals surface area contributed by atoms with E-state index in [4.69, 9.17) is 0 Å². The van der Waals surface area contributed by atoms with Gasteiger partial charge in [-0.25, -0.2) is 0 Å². The first-order valence-electron chi connectivity index (χ1n) is 6.75. The standard InChI is InChI=1S/C15H21NOS/c17-15(16-11-13-8-4-5-9-13)14(18)10-12-6-2-1-3-7-12/h1-3,6-7,13-14,18H,4-5,8-11H2,(H,16,17). The molecule has 2 rings (SSSR count). The highest BCUT2D eigenvalue weighted by Gasteiger charge is 2.18. The highest BCUT2D eigenvalue weighted by Crippen LogP contribution is 2.23. The van der Waals surface area contributed by atoms with E-state index in [-0.39, 0.29) is 11.2 Å². The lowest BCUT2D eigenvalue weighted by molar-refractivity contribution is -0.120. The van der Waals surface area contributed by atoms with E-state index in [1.165, 1.54) is 25.7 Å². The van der Waals surface area contributed by atoms with Crippen LogP contribution in [-0.4, -0.2) is 17.7 Å². The van der Waals surface area contributed by atoms with E-state index in [9.17, 15) is 4.79 Å². The zero-order valence-electron chi connectivity index (χ0n) is 10.6. The molecule has 1 N–H and O–H groups in total. The largest absolute Gasteiger partial charge is 0.355 e. The van der Waals surface area contributed by atoms with E-state index in [0.29, 0.717) is 12.3 Å². The van der Waals surface area contributed by atoms with Crippen LogP contribution in [0, 0.1) is 5.92 Å². The molecule has 1 aromatic rings. The van der Waals surface area contributed by atoms with Crippen molar-refractivity contribution in [3.8, 4) is 0 Å². The molecule has 1 atom stereocenters. The fourth-order valence-corrected chi connectivity index (χ4v) is 2.81. The van der Waals surface area contributed by atoms with Gasteiger partial charge in [0.05, 0.1) is 5.25 Å². The summed E-state index contributed by atoms with van der Waals surface area (Å²) in [4.78, 5) is 11.9. The number of nitrogens with one attached hydrogen (secondary N) is 1. The van der Waals surface area contributed by atoms with Gasteiger partial charge in [-0.15, -0.1) is 0 Å². The lowest BCUT2D eigenvalue weighted by Gasteiger charge is -2.14. The molecular formula is C15H21NOS. The molecule has 1 aliphatic rings. The normalized spacial score (nSPS) is 17.6. The second-order valence-electron chi connectivity index (χ2n) is 5.10. The van der Waals surface area contributed by atoms with Gasteiger partial charge < -0.3 is 5.32 Å². The molecule has 1 fully saturated rings. The summed E-state index contributed by atoms with van der Waals surface area (Å²) < 4.78 is 0. The molecule has 0 aromatic heterocycles. The lowest BCUT2D eigenvalue weighted by atomic mass is 10.1. The van der Waals surface area contributed by atoms with Crippen molar-refractivity contribution in [2.45, 2.75) is 37.4 Å². The van der Waals surface area contributed by atoms with E-state index < -0.39 is 0 Å². The average Bonchev–Trinajstić information content (AvgIpc) is 2.90. The van der Waals surface area contributed by atoms with Gasteiger partial charge in [0.15, 0.2) is 0 Å². The summed E-state index contributed by atoms with van der Waals surface area (Å²) in [5.74, 6) is 0.750. The number of thiol groups is 1. The molecule has 1 amide bonds. The minimum atomic E-state index is -0.242. The van der Waals surface area contributed by atoms with E-state index in [2.05, 4.69) is 17.9 Å². The number of hydrogen-bond donors (Lipinski definition) is 2. The predicted octanol–water partition coefficient (Wildman–Crippen LogP) is 2.83. The van der Waals surface area contributed by atoms with Crippen molar-refractivity contribution in [1.82, 2.24) is 5.32 Å². The summed E-state index contributed by atoms with van der Waals surface area (Å²) in [6, 6.07) is 10.0. The van der Waals surface area contributed by atoms with Crippen LogP contribution in [0.4, 0.5) is 0 Å². The summed E-state index contributed by atoms with van der Waals surface area (Å²) in [6.45, 7) is 0.824. The number of hydrogen-bond acceptors (Lipinski definition) is 2. The van der Waals surface area contributed by atoms with Crippen molar-refractivity contribution in [3.05, 3.63) is 35.9 Å². The molecule has 0 bridgehead atoms. The zero-order chi connectivity index (χ0) is 12.8. The van der Waals surface area contributed by atoms with Gasteiger partial charge in [-0.3, -0.25) is 4.79 Å². The van der Waals surface area contributed by atoms with Crippen LogP contribution in [0.3, 0.4) is 0 Å². The third-order valence-corrected chi connectivity index (χ3v) is 4.03. The van der Waals surface area contributed by atoms with E-state index >= 15 is 0 Å². The molecule has 0 heterocycles. The van der Waals surface area contributed by atoms with Crippen LogP contribution in [0.5, 0.6) is 0 Å². The summed E-state index contributed by atoms with van der Waals surface area (Å²) in [5, 5.41) is 2.79. The van der Waals surface area contributed by atoms with Gasteiger partial charge in [-0.1, -0.05) is 43.2 Å². The number of carbonyl (C=O) groups is 1. The van der Waals surface area contributed by atoms with Crippen LogP contribution < -0.4 is 5.32 Å². The lowest BCUT2D eigenvalue weighted by Crippen LogP contribution is -2.35. The van der Waals surface area contributed by atoms with Crippen molar-refractivity contribution in [1.29, 1.82) is 0 Å². The molecule has 0 spiro atoms. The molecule has 3 heteroatoms. The van der Waals surface area contributed by atoms with Crippen molar-refractivity contribution in [2.75, 3.05) is 6.54 Å². The number of amides is 1. The van der Waals surface area contributed by atoms with Gasteiger partial charge >= 0.3 is 0 Å². The zero-order valence-corrected chi connectivity index (χ0v) is 11.5. The van der Waals surface area contributed by atoms with Gasteiger partial charge in [0.2, 0.25) is 5.91 Å². The molecule has 2 nitrogen and oxygen atoms in total. The van der Waals surface area contributed by atoms with Crippen molar-refractivity contribution in [2.24, 2.45) is 5.92 Å². The second-order valence-corrected chi connectivity index (χ2v) is 5.72. The van der Waals surface area contributed by atoms with Gasteiger partial charge in [-0.05, 0) is 30.7 Å². The minimum absolute atomic E-state index is 0.0640. The Hall–Kier alpha value is -0.960. The highest BCUT2D eigenvalue weighted by atomic mass is 32.1. The molecular weight excluding hydrogens is 242 g/mol. The van der Waals surface area contributed by atoms with Gasteiger partial charge in [-0.2, -0.15) is 12.6 Å². The van der Waals surface area contributed by atoms with Gasteiger partial charge in [0.1, 0.15) is 0 Å². The molecule has 0 radical (unpaired) electrons. The predicted molar refractivity (Wildman–Crippen MR) is 77.9 cm³/mol. The Bertz CT molecular complexity index is 373. The maximum Gasteiger partial charge on any atom is 0.233 e. The molecule has 0 saturated heterocycles. The molecule has 0 aliphatic heterocycles. The summed E-state index contributed by atoms with van der Waals surface area (Å²) in [7, 11) is 0. The molecule has 1 aromatic carbocycles. The Morgan fingerprint density at radius 3 is 2.61 bits per heavy atom. The maximum absolute atomic E-state index is 11.9. The molecule has 18 heavy (non-hydrogen) atoms. The van der Waals surface area contributed by atoms with Crippen LogP contribution in [-0.2, 0) is 11.2 Å². The monoisotopic (exact) mass is 263 g/mol. The smallest absolute Gasteiger partial charge is 0.233 e. The first-order valence-corrected chi connectivity index (χ1v) is 7.27. The van der Waals surface area contributed by atoms with Crippen LogP contribution in [0.15, 0.2) is 30.3 Å². The number of benzene rings is 1. The molecule has 1 aliphatic carbocycles.